The summed E-state index contributed by atoms with van der Waals surface area (Å²) in [5, 5.41) is 6.69. The number of hydrogen-bond donors (Lipinski definition) is 2. The minimum absolute atomic E-state index is 0.0698. The molecule has 100 valence electrons. The molecular formula is C12H16Cl2N2O2. The quantitative estimate of drug-likeness (QED) is 0.756. The molecule has 0 aliphatic carbocycles. The van der Waals surface area contributed by atoms with E-state index in [2.05, 4.69) is 10.6 Å². The number of halogens is 2. The number of ether oxygens (including phenoxy) is 1. The second-order valence-corrected chi connectivity index (χ2v) is 4.51. The van der Waals surface area contributed by atoms with Crippen LogP contribution in [0.2, 0.25) is 10.0 Å². The van der Waals surface area contributed by atoms with E-state index >= 15 is 0 Å². The molecular weight excluding hydrogens is 275 g/mol. The van der Waals surface area contributed by atoms with Gasteiger partial charge in [0.2, 0.25) is 0 Å². The van der Waals surface area contributed by atoms with Crippen molar-refractivity contribution < 1.29 is 9.53 Å². The average molecular weight is 291 g/mol. The fourth-order valence-electron chi connectivity index (χ4n) is 1.28. The maximum Gasteiger partial charge on any atom is 0.257 e. The molecule has 4 nitrogen and oxygen atoms in total. The van der Waals surface area contributed by atoms with E-state index in [1.54, 1.807) is 18.2 Å². The zero-order valence-electron chi connectivity index (χ0n) is 10.1. The number of benzene rings is 1. The predicted molar refractivity (Wildman–Crippen MR) is 73.5 cm³/mol. The van der Waals surface area contributed by atoms with Gasteiger partial charge in [-0.15, -0.1) is 0 Å². The van der Waals surface area contributed by atoms with E-state index in [0.29, 0.717) is 22.3 Å². The summed E-state index contributed by atoms with van der Waals surface area (Å²) in [4.78, 5) is 11.4. The first-order valence-electron chi connectivity index (χ1n) is 5.62. The molecule has 0 heterocycles. The number of rotatable bonds is 7. The van der Waals surface area contributed by atoms with Crippen LogP contribution in [0.5, 0.6) is 5.75 Å². The van der Waals surface area contributed by atoms with Crippen molar-refractivity contribution >= 4 is 29.1 Å². The lowest BCUT2D eigenvalue weighted by Crippen LogP contribution is -2.31. The molecule has 0 spiro atoms. The molecule has 1 rings (SSSR count). The third kappa shape index (κ3) is 5.58. The van der Waals surface area contributed by atoms with Crippen LogP contribution in [0.25, 0.3) is 0 Å². The number of nitrogens with one attached hydrogen (secondary N) is 2. The summed E-state index contributed by atoms with van der Waals surface area (Å²) >= 11 is 11.7. The molecule has 0 fully saturated rings. The van der Waals surface area contributed by atoms with E-state index in [1.165, 1.54) is 0 Å². The topological polar surface area (TPSA) is 50.4 Å². The van der Waals surface area contributed by atoms with Gasteiger partial charge in [0.25, 0.3) is 5.91 Å². The Morgan fingerprint density at radius 1 is 1.33 bits per heavy atom. The molecule has 0 aliphatic rings. The SMILES string of the molecule is CNCCCNC(=O)COc1cc(Cl)ccc1Cl. The first kappa shape index (κ1) is 15.1. The van der Waals surface area contributed by atoms with Crippen LogP contribution < -0.4 is 15.4 Å². The molecule has 0 aliphatic heterocycles. The van der Waals surface area contributed by atoms with Crippen LogP contribution in [0.3, 0.4) is 0 Å². The highest BCUT2D eigenvalue weighted by Gasteiger charge is 2.06. The fourth-order valence-corrected chi connectivity index (χ4v) is 1.61. The van der Waals surface area contributed by atoms with E-state index in [1.807, 2.05) is 7.05 Å². The smallest absolute Gasteiger partial charge is 0.257 e. The average Bonchev–Trinajstić information content (AvgIpc) is 2.36. The van der Waals surface area contributed by atoms with Crippen LogP contribution in [0.1, 0.15) is 6.42 Å². The van der Waals surface area contributed by atoms with Crippen molar-refractivity contribution in [2.75, 3.05) is 26.7 Å². The van der Waals surface area contributed by atoms with E-state index in [-0.39, 0.29) is 12.5 Å². The number of amides is 1. The van der Waals surface area contributed by atoms with E-state index in [4.69, 9.17) is 27.9 Å². The Morgan fingerprint density at radius 2 is 2.11 bits per heavy atom. The van der Waals surface area contributed by atoms with Crippen LogP contribution >= 0.6 is 23.2 Å². The molecule has 0 atom stereocenters. The largest absolute Gasteiger partial charge is 0.482 e. The Bertz CT molecular complexity index is 400. The fraction of sp³-hybridized carbons (Fsp3) is 0.417. The molecule has 0 saturated heterocycles. The van der Waals surface area contributed by atoms with E-state index in [0.717, 1.165) is 13.0 Å². The van der Waals surface area contributed by atoms with Gasteiger partial charge in [0, 0.05) is 17.6 Å². The van der Waals surface area contributed by atoms with Crippen molar-refractivity contribution in [3.8, 4) is 5.75 Å². The highest BCUT2D eigenvalue weighted by atomic mass is 35.5. The summed E-state index contributed by atoms with van der Waals surface area (Å²) < 4.78 is 5.29. The van der Waals surface area contributed by atoms with Crippen LogP contribution in [-0.4, -0.2) is 32.7 Å². The summed E-state index contributed by atoms with van der Waals surface area (Å²) in [6.45, 7) is 1.41. The lowest BCUT2D eigenvalue weighted by atomic mass is 10.3. The summed E-state index contributed by atoms with van der Waals surface area (Å²) in [6.07, 6.45) is 0.875. The first-order chi connectivity index (χ1) is 8.63. The molecule has 1 aromatic carbocycles. The predicted octanol–water partition coefficient (Wildman–Crippen LogP) is 2.10. The van der Waals surface area contributed by atoms with Crippen molar-refractivity contribution in [3.63, 3.8) is 0 Å². The lowest BCUT2D eigenvalue weighted by Gasteiger charge is -2.09. The highest BCUT2D eigenvalue weighted by molar-refractivity contribution is 6.34. The summed E-state index contributed by atoms with van der Waals surface area (Å²) in [5.41, 5.74) is 0. The van der Waals surface area contributed by atoms with Crippen LogP contribution in [0.15, 0.2) is 18.2 Å². The van der Waals surface area contributed by atoms with E-state index < -0.39 is 0 Å². The minimum Gasteiger partial charge on any atom is -0.482 e. The van der Waals surface area contributed by atoms with Crippen molar-refractivity contribution in [3.05, 3.63) is 28.2 Å². The summed E-state index contributed by atoms with van der Waals surface area (Å²) in [5.74, 6) is 0.233. The van der Waals surface area contributed by atoms with Crippen molar-refractivity contribution in [1.29, 1.82) is 0 Å². The van der Waals surface area contributed by atoms with Crippen LogP contribution in [-0.2, 0) is 4.79 Å². The monoisotopic (exact) mass is 290 g/mol. The second kappa shape index (κ2) is 8.19. The molecule has 6 heteroatoms. The summed E-state index contributed by atoms with van der Waals surface area (Å²) in [7, 11) is 1.87. The highest BCUT2D eigenvalue weighted by Crippen LogP contribution is 2.27. The van der Waals surface area contributed by atoms with Crippen LogP contribution in [0.4, 0.5) is 0 Å². The van der Waals surface area contributed by atoms with Gasteiger partial charge in [-0.25, -0.2) is 0 Å². The molecule has 0 saturated carbocycles. The van der Waals surface area contributed by atoms with Gasteiger partial charge in [-0.1, -0.05) is 23.2 Å². The van der Waals surface area contributed by atoms with Crippen molar-refractivity contribution in [1.82, 2.24) is 10.6 Å². The van der Waals surface area contributed by atoms with Crippen molar-refractivity contribution in [2.45, 2.75) is 6.42 Å². The molecule has 0 unspecified atom stereocenters. The standard InChI is InChI=1S/C12H16Cl2N2O2/c1-15-5-2-6-16-12(17)8-18-11-7-9(13)3-4-10(11)14/h3-4,7,15H,2,5-6,8H2,1H3,(H,16,17). The van der Waals surface area contributed by atoms with E-state index in [9.17, 15) is 4.79 Å². The Kier molecular flexibility index (Phi) is 6.86. The molecule has 1 amide bonds. The lowest BCUT2D eigenvalue weighted by molar-refractivity contribution is -0.123. The third-order valence-corrected chi connectivity index (χ3v) is 2.73. The molecule has 0 radical (unpaired) electrons. The normalized spacial score (nSPS) is 10.2. The number of carbonyl (C=O) groups excluding carboxylic acids is 1. The number of carbonyl (C=O) groups is 1. The number of hydrogen-bond acceptors (Lipinski definition) is 3. The minimum atomic E-state index is -0.179. The zero-order chi connectivity index (χ0) is 13.4. The molecule has 0 bridgehead atoms. The van der Waals surface area contributed by atoms with Gasteiger partial charge in [0.15, 0.2) is 6.61 Å². The molecule has 0 aromatic heterocycles. The molecule has 18 heavy (non-hydrogen) atoms. The Balaban J connectivity index is 2.31. The Hall–Kier alpha value is -0.970. The maximum atomic E-state index is 11.4. The van der Waals surface area contributed by atoms with Gasteiger partial charge in [-0.3, -0.25) is 4.79 Å². The van der Waals surface area contributed by atoms with Gasteiger partial charge in [-0.05, 0) is 32.1 Å². The second-order valence-electron chi connectivity index (χ2n) is 3.67. The maximum absolute atomic E-state index is 11.4. The Morgan fingerprint density at radius 3 is 2.83 bits per heavy atom. The first-order valence-corrected chi connectivity index (χ1v) is 6.38. The zero-order valence-corrected chi connectivity index (χ0v) is 11.6. The van der Waals surface area contributed by atoms with Gasteiger partial charge >= 0.3 is 0 Å². The van der Waals surface area contributed by atoms with Crippen LogP contribution in [0, 0.1) is 0 Å². The molecule has 2 N–H and O–H groups in total. The molecule has 1 aromatic rings. The summed E-state index contributed by atoms with van der Waals surface area (Å²) in [6, 6.07) is 4.87. The van der Waals surface area contributed by atoms with Gasteiger partial charge in [0.05, 0.1) is 5.02 Å². The Labute approximate surface area is 117 Å². The van der Waals surface area contributed by atoms with Gasteiger partial charge in [-0.2, -0.15) is 0 Å². The van der Waals surface area contributed by atoms with Gasteiger partial charge in [0.1, 0.15) is 5.75 Å². The van der Waals surface area contributed by atoms with Crippen molar-refractivity contribution in [2.24, 2.45) is 0 Å². The third-order valence-electron chi connectivity index (χ3n) is 2.18. The van der Waals surface area contributed by atoms with Gasteiger partial charge < -0.3 is 15.4 Å².